The van der Waals surface area contributed by atoms with Gasteiger partial charge in [-0.25, -0.2) is 4.79 Å². The fourth-order valence-corrected chi connectivity index (χ4v) is 11.3. The van der Waals surface area contributed by atoms with E-state index in [0.717, 1.165) is 69.8 Å². The van der Waals surface area contributed by atoms with Crippen molar-refractivity contribution in [2.24, 2.45) is 22.9 Å². The second kappa shape index (κ2) is 24.7. The Morgan fingerprint density at radius 2 is 1.49 bits per heavy atom. The number of aliphatic hydroxyl groups excluding tert-OH is 2. The lowest BCUT2D eigenvalue weighted by molar-refractivity contribution is -0.256. The van der Waals surface area contributed by atoms with Gasteiger partial charge in [-0.05, 0) is 127 Å². The number of hydrogen-bond donors (Lipinski definition) is 2. The molecule has 6 unspecified atom stereocenters. The summed E-state index contributed by atoms with van der Waals surface area (Å²) in [5, 5.41) is 27.4. The van der Waals surface area contributed by atoms with Crippen molar-refractivity contribution in [1.82, 2.24) is 4.90 Å². The number of carbonyl (C=O) groups excluding carboxylic acids is 1. The second-order valence-corrected chi connectivity index (χ2v) is 20.9. The van der Waals surface area contributed by atoms with Crippen LogP contribution in [0.3, 0.4) is 0 Å². The third kappa shape index (κ3) is 12.5. The standard InChI is InChI=1S/C64H72N2O9/c1-5-37-72-64-59(66(43-50-26-18-25-48-23-12-13-27-53(48)50)62(69)71-39-38-70-44-45-19-8-6-9-20-45)42-57(65-75-63(2,3)4)55-40-49(24-14-16-35-67)54(28-15-17-36-68)60(61(55)64)56-41-52(33-34-58(56)74-64)73-51-31-29-47(30-32-51)46-21-10-7-11-22-46/h5-13,18-23,25-27,29-34,40-41,49,54,59-61,67-68H,1,14-17,24,28,35-39,42-44H2,2-4H3. The first-order valence-corrected chi connectivity index (χ1v) is 26.7. The van der Waals surface area contributed by atoms with Crippen molar-refractivity contribution < 1.29 is 43.5 Å². The van der Waals surface area contributed by atoms with Crippen molar-refractivity contribution in [3.63, 3.8) is 0 Å². The maximum Gasteiger partial charge on any atom is 0.410 e. The first kappa shape index (κ1) is 53.1. The fourth-order valence-electron chi connectivity index (χ4n) is 11.3. The molecular weight excluding hydrogens is 941 g/mol. The summed E-state index contributed by atoms with van der Waals surface area (Å²) in [6.45, 7) is 11.1. The molecular formula is C64H72N2O9. The minimum atomic E-state index is -1.51. The summed E-state index contributed by atoms with van der Waals surface area (Å²) < 4.78 is 33.9. The van der Waals surface area contributed by atoms with Crippen LogP contribution in [0.4, 0.5) is 4.79 Å². The van der Waals surface area contributed by atoms with E-state index in [-0.39, 0.29) is 63.8 Å². The second-order valence-electron chi connectivity index (χ2n) is 20.9. The zero-order valence-corrected chi connectivity index (χ0v) is 43.7. The van der Waals surface area contributed by atoms with Crippen LogP contribution in [0.5, 0.6) is 17.2 Å². The molecule has 1 heterocycles. The van der Waals surface area contributed by atoms with Crippen molar-refractivity contribution >= 4 is 22.6 Å². The van der Waals surface area contributed by atoms with Gasteiger partial charge >= 0.3 is 6.09 Å². The molecule has 3 aliphatic rings. The van der Waals surface area contributed by atoms with Gasteiger partial charge < -0.3 is 38.7 Å². The lowest BCUT2D eigenvalue weighted by atomic mass is 9.55. The van der Waals surface area contributed by atoms with Crippen molar-refractivity contribution in [3.8, 4) is 28.4 Å². The highest BCUT2D eigenvalue weighted by atomic mass is 16.7. The van der Waals surface area contributed by atoms with E-state index in [4.69, 9.17) is 33.7 Å². The predicted octanol–water partition coefficient (Wildman–Crippen LogP) is 13.6. The van der Waals surface area contributed by atoms with E-state index in [2.05, 4.69) is 67.3 Å². The number of amides is 1. The lowest BCUT2D eigenvalue weighted by Gasteiger charge is -2.60. The molecule has 1 aliphatic heterocycles. The van der Waals surface area contributed by atoms with Crippen molar-refractivity contribution in [2.45, 2.75) is 102 Å². The third-order valence-electron chi connectivity index (χ3n) is 14.7. The molecule has 0 bridgehead atoms. The smallest absolute Gasteiger partial charge is 0.410 e. The molecule has 75 heavy (non-hydrogen) atoms. The first-order chi connectivity index (χ1) is 36.6. The van der Waals surface area contributed by atoms with Gasteiger partial charge in [0.05, 0.1) is 38.0 Å². The predicted molar refractivity (Wildman–Crippen MR) is 295 cm³/mol. The minimum Gasteiger partial charge on any atom is -0.459 e. The van der Waals surface area contributed by atoms with E-state index < -0.39 is 29.4 Å². The molecule has 9 rings (SSSR count). The zero-order chi connectivity index (χ0) is 52.2. The van der Waals surface area contributed by atoms with Gasteiger partial charge in [-0.15, -0.1) is 6.58 Å². The summed E-state index contributed by atoms with van der Waals surface area (Å²) in [6.07, 6.45) is 8.27. The van der Waals surface area contributed by atoms with E-state index in [9.17, 15) is 10.2 Å². The fraction of sp³-hybridized carbons (Fsp3) is 0.375. The van der Waals surface area contributed by atoms with Crippen molar-refractivity contribution in [3.05, 3.63) is 187 Å². The van der Waals surface area contributed by atoms with E-state index in [1.54, 1.807) is 11.0 Å². The number of hydrogen-bond acceptors (Lipinski definition) is 10. The SMILES string of the molecule is C=CCOC12Oc3ccc(Oc4ccc(-c5ccccc5)cc4)cc3C3C(CCCCO)C(CCCCO)C=C(C(=NOC(C)(C)C)CC1N(Cc1cccc4ccccc14)C(=O)OCCOCc1ccccc1)C32. The molecule has 6 aromatic carbocycles. The van der Waals surface area contributed by atoms with Crippen LogP contribution in [0.15, 0.2) is 175 Å². The number of aliphatic hydroxyl groups is 2. The Balaban J connectivity index is 1.19. The van der Waals surface area contributed by atoms with Crippen molar-refractivity contribution in [1.29, 1.82) is 0 Å². The van der Waals surface area contributed by atoms with Gasteiger partial charge in [-0.1, -0.05) is 145 Å². The minimum absolute atomic E-state index is 0.0140. The lowest BCUT2D eigenvalue weighted by Crippen LogP contribution is -2.70. The number of nitrogens with zero attached hydrogens (tertiary/aromatic N) is 2. The van der Waals surface area contributed by atoms with E-state index in [0.29, 0.717) is 42.4 Å². The Morgan fingerprint density at radius 1 is 0.800 bits per heavy atom. The van der Waals surface area contributed by atoms with Gasteiger partial charge in [-0.2, -0.15) is 0 Å². The number of oxime groups is 1. The molecule has 1 saturated carbocycles. The summed E-state index contributed by atoms with van der Waals surface area (Å²) in [5.74, 6) is -0.261. The highest BCUT2D eigenvalue weighted by Crippen LogP contribution is 2.62. The number of unbranched alkanes of at least 4 members (excludes halogenated alkanes) is 2. The first-order valence-electron chi connectivity index (χ1n) is 26.7. The van der Waals surface area contributed by atoms with Crippen LogP contribution >= 0.6 is 0 Å². The number of benzene rings is 6. The molecule has 0 aromatic heterocycles. The highest BCUT2D eigenvalue weighted by Gasteiger charge is 2.66. The van der Waals surface area contributed by atoms with Gasteiger partial charge in [0, 0.05) is 31.1 Å². The topological polar surface area (TPSA) is 129 Å². The zero-order valence-electron chi connectivity index (χ0n) is 43.7. The molecule has 2 N–H and O–H groups in total. The summed E-state index contributed by atoms with van der Waals surface area (Å²) in [5.41, 5.74) is 6.12. The number of carbonyl (C=O) groups is 1. The normalized spacial score (nSPS) is 21.3. The van der Waals surface area contributed by atoms with Crippen LogP contribution in [0.2, 0.25) is 0 Å². The molecule has 0 radical (unpaired) electrons. The number of ether oxygens (including phenoxy) is 5. The van der Waals surface area contributed by atoms with E-state index in [1.807, 2.05) is 112 Å². The van der Waals surface area contributed by atoms with Gasteiger partial charge in [0.1, 0.15) is 35.5 Å². The maximum atomic E-state index is 15.4. The molecule has 11 heteroatoms. The Labute approximate surface area is 442 Å². The molecule has 6 atom stereocenters. The van der Waals surface area contributed by atoms with Crippen LogP contribution in [-0.2, 0) is 32.2 Å². The Hall–Kier alpha value is -6.76. The Morgan fingerprint density at radius 3 is 2.24 bits per heavy atom. The van der Waals surface area contributed by atoms with Crippen LogP contribution in [0.25, 0.3) is 21.9 Å². The molecule has 1 fully saturated rings. The van der Waals surface area contributed by atoms with Crippen LogP contribution in [0.1, 0.15) is 88.3 Å². The average Bonchev–Trinajstić information content (AvgIpc) is 3.46. The molecule has 2 aliphatic carbocycles. The Bertz CT molecular complexity index is 2890. The molecule has 1 amide bonds. The Kier molecular flexibility index (Phi) is 17.5. The van der Waals surface area contributed by atoms with E-state index >= 15 is 4.79 Å². The molecule has 11 nitrogen and oxygen atoms in total. The summed E-state index contributed by atoms with van der Waals surface area (Å²) in [6, 6.07) is 47.8. The summed E-state index contributed by atoms with van der Waals surface area (Å²) >= 11 is 0. The molecule has 6 aromatic rings. The van der Waals surface area contributed by atoms with E-state index in [1.165, 1.54) is 0 Å². The monoisotopic (exact) mass is 1010 g/mol. The average molecular weight is 1010 g/mol. The molecule has 0 spiro atoms. The van der Waals surface area contributed by atoms with Gasteiger partial charge in [0.15, 0.2) is 0 Å². The van der Waals surface area contributed by atoms with Gasteiger partial charge in [0.25, 0.3) is 0 Å². The molecule has 392 valence electrons. The number of fused-ring (bicyclic) bond motifs is 3. The third-order valence-corrected chi connectivity index (χ3v) is 14.7. The van der Waals surface area contributed by atoms with Crippen LogP contribution < -0.4 is 9.47 Å². The van der Waals surface area contributed by atoms with Crippen molar-refractivity contribution in [2.75, 3.05) is 33.0 Å². The van der Waals surface area contributed by atoms with Crippen LogP contribution in [-0.4, -0.2) is 77.4 Å². The van der Waals surface area contributed by atoms with Gasteiger partial charge in [-0.3, -0.25) is 4.90 Å². The highest BCUT2D eigenvalue weighted by molar-refractivity contribution is 6.03. The quantitative estimate of drug-likeness (QED) is 0.0366. The number of allylic oxidation sites excluding steroid dienone is 1. The largest absolute Gasteiger partial charge is 0.459 e. The van der Waals surface area contributed by atoms with Gasteiger partial charge in [0.2, 0.25) is 5.79 Å². The number of rotatable bonds is 23. The molecule has 0 saturated heterocycles. The summed E-state index contributed by atoms with van der Waals surface area (Å²) in [7, 11) is 0. The maximum absolute atomic E-state index is 15.4. The van der Waals surface area contributed by atoms with Crippen LogP contribution in [0, 0.1) is 17.8 Å². The summed E-state index contributed by atoms with van der Waals surface area (Å²) in [4.78, 5) is 23.5.